The first-order valence-corrected chi connectivity index (χ1v) is 25.0. The third-order valence-electron chi connectivity index (χ3n) is 11.9. The zero-order chi connectivity index (χ0) is 51.9. The first kappa shape index (κ1) is 52.5. The van der Waals surface area contributed by atoms with Gasteiger partial charge in [0.2, 0.25) is 29.0 Å². The van der Waals surface area contributed by atoms with Gasteiger partial charge in [0.15, 0.2) is 5.78 Å². The van der Waals surface area contributed by atoms with Gasteiger partial charge in [-0.25, -0.2) is 13.5 Å². The molecule has 1 fully saturated rings. The summed E-state index contributed by atoms with van der Waals surface area (Å²) in [7, 11) is -4.76. The van der Waals surface area contributed by atoms with Crippen molar-refractivity contribution in [2.75, 3.05) is 18.4 Å². The second-order valence-electron chi connectivity index (χ2n) is 16.7. The highest BCUT2D eigenvalue weighted by Crippen LogP contribution is 2.39. The van der Waals surface area contributed by atoms with Gasteiger partial charge in [-0.05, 0) is 59.4 Å². The second-order valence-corrected chi connectivity index (χ2v) is 19.9. The molecule has 2 heterocycles. The monoisotopic (exact) mass is 1050 g/mol. The zero-order valence-corrected chi connectivity index (χ0v) is 40.7. The molecule has 1 saturated heterocycles. The highest BCUT2D eigenvalue weighted by atomic mass is 35.5. The molecule has 6 amide bonds. The minimum Gasteiger partial charge on any atom is -0.342 e. The van der Waals surface area contributed by atoms with Crippen LogP contribution in [-0.2, 0) is 45.3 Å². The Morgan fingerprint density at radius 3 is 2.24 bits per heavy atom. The third kappa shape index (κ3) is 11.5. The molecule has 4 aromatic carbocycles. The molecule has 1 aliphatic carbocycles. The number of carbonyl (C=O) groups excluding carboxylic acids is 8. The lowest BCUT2D eigenvalue weighted by atomic mass is 9.95. The molecule has 1 unspecified atom stereocenters. The maximum absolute atomic E-state index is 14.9. The van der Waals surface area contributed by atoms with Gasteiger partial charge in [0, 0.05) is 41.1 Å². The fourth-order valence-electron chi connectivity index (χ4n) is 8.10. The van der Waals surface area contributed by atoms with Crippen molar-refractivity contribution in [1.82, 2.24) is 35.8 Å². The van der Waals surface area contributed by atoms with Crippen molar-refractivity contribution in [2.24, 2.45) is 5.92 Å². The van der Waals surface area contributed by atoms with Crippen LogP contribution in [0.15, 0.2) is 101 Å². The highest BCUT2D eigenvalue weighted by Gasteiger charge is 2.54. The highest BCUT2D eigenvalue weighted by molar-refractivity contribution is 7.92. The number of alkyl halides is 2. The van der Waals surface area contributed by atoms with Crippen LogP contribution >= 0.6 is 22.9 Å². The van der Waals surface area contributed by atoms with Crippen molar-refractivity contribution in [3.05, 3.63) is 130 Å². The second kappa shape index (κ2) is 22.4. The molecule has 24 heteroatoms. The number of likely N-dealkylation sites (tertiary alicyclic amines) is 1. The molecule has 5 aromatic rings. The van der Waals surface area contributed by atoms with E-state index in [2.05, 4.69) is 26.1 Å². The van der Waals surface area contributed by atoms with Crippen LogP contribution in [0.5, 0.6) is 0 Å². The van der Waals surface area contributed by atoms with E-state index in [1.807, 2.05) is 5.32 Å². The number of halogens is 3. The van der Waals surface area contributed by atoms with Gasteiger partial charge in [0.05, 0.1) is 18.7 Å². The number of hydrogen-bond acceptors (Lipinski definition) is 14. The number of benzene rings is 4. The number of ketones is 2. The Labute approximate surface area is 419 Å². The van der Waals surface area contributed by atoms with Gasteiger partial charge in [-0.1, -0.05) is 110 Å². The van der Waals surface area contributed by atoms with Gasteiger partial charge < -0.3 is 25.6 Å². The Morgan fingerprint density at radius 1 is 0.861 bits per heavy atom. The Balaban J connectivity index is 1.06. The molecular weight excluding hydrogens is 1000 g/mol. The van der Waals surface area contributed by atoms with Crippen molar-refractivity contribution in [2.45, 2.75) is 74.7 Å². The molecule has 0 bridgehead atoms. The van der Waals surface area contributed by atoms with Gasteiger partial charge in [0.25, 0.3) is 43.9 Å². The van der Waals surface area contributed by atoms with Crippen LogP contribution in [0.4, 0.5) is 13.9 Å². The smallest absolute Gasteiger partial charge is 0.293 e. The minimum atomic E-state index is -4.76. The van der Waals surface area contributed by atoms with Crippen molar-refractivity contribution in [3.63, 3.8) is 0 Å². The molecule has 0 radical (unpaired) electrons. The molecule has 7 rings (SSSR count). The van der Waals surface area contributed by atoms with Gasteiger partial charge >= 0.3 is 0 Å². The average Bonchev–Trinajstić information content (AvgIpc) is 4.11. The maximum atomic E-state index is 14.9. The van der Waals surface area contributed by atoms with Gasteiger partial charge in [0.1, 0.15) is 12.1 Å². The lowest BCUT2D eigenvalue weighted by molar-refractivity contribution is -0.185. The molecule has 72 heavy (non-hydrogen) atoms. The van der Waals surface area contributed by atoms with Crippen LogP contribution in [0.2, 0.25) is 5.02 Å². The standard InChI is InChI=1S/C48H45ClF2N8O11S2/c1-3-26(2)38(54-42(64)33-16-9-15-31-30-13-7-8-14-32(30)39(61)37(31)33)44(66)59-22-10-21-48(59,70-25-27-11-5-4-6-12-27)45(67)53-34(23-35(50)51)40(62)43(65)52-24-36(60)58-72(68,69)47-57-56-46(71-47)55-41(63)28-17-19-29(49)20-18-28/h4-9,11-20,26,34-35,38H,3,10,21-25H2,1-2H3,(H,52,65)(H,53,67)(H,54,64)(H,58,60)(H,55,56,63)/t26-,34+,38+,48?/m1/s1. The number of ether oxygens (including phenoxy) is 1. The van der Waals surface area contributed by atoms with E-state index >= 15 is 0 Å². The molecule has 5 N–H and O–H groups in total. The van der Waals surface area contributed by atoms with E-state index in [0.29, 0.717) is 45.0 Å². The van der Waals surface area contributed by atoms with Crippen LogP contribution in [0.3, 0.4) is 0 Å². The van der Waals surface area contributed by atoms with Crippen molar-refractivity contribution in [1.29, 1.82) is 0 Å². The fraction of sp³-hybridized carbons (Fsp3) is 0.292. The summed E-state index contributed by atoms with van der Waals surface area (Å²) in [4.78, 5) is 110. The number of nitrogens with zero attached hydrogens (tertiary/aromatic N) is 3. The molecule has 1 aromatic heterocycles. The summed E-state index contributed by atoms with van der Waals surface area (Å²) in [6.45, 7) is 1.83. The summed E-state index contributed by atoms with van der Waals surface area (Å²) < 4.78 is 61.3. The first-order valence-electron chi connectivity index (χ1n) is 22.3. The summed E-state index contributed by atoms with van der Waals surface area (Å²) in [6, 6.07) is 22.2. The molecule has 1 aliphatic heterocycles. The Morgan fingerprint density at radius 2 is 1.54 bits per heavy atom. The van der Waals surface area contributed by atoms with Crippen LogP contribution in [0.25, 0.3) is 11.1 Å². The van der Waals surface area contributed by atoms with Crippen molar-refractivity contribution in [3.8, 4) is 11.1 Å². The summed E-state index contributed by atoms with van der Waals surface area (Å²) in [5.74, 6) is -9.17. The Hall–Kier alpha value is -7.34. The molecule has 376 valence electrons. The van der Waals surface area contributed by atoms with E-state index < -0.39 is 98.7 Å². The largest absolute Gasteiger partial charge is 0.342 e. The maximum Gasteiger partial charge on any atom is 0.293 e. The number of carbonyl (C=O) groups is 8. The number of anilines is 1. The van der Waals surface area contributed by atoms with Crippen LogP contribution in [0, 0.1) is 5.92 Å². The summed E-state index contributed by atoms with van der Waals surface area (Å²) in [6.07, 6.45) is -4.47. The predicted octanol–water partition coefficient (Wildman–Crippen LogP) is 4.67. The predicted molar refractivity (Wildman–Crippen MR) is 256 cm³/mol. The van der Waals surface area contributed by atoms with E-state index in [9.17, 15) is 55.6 Å². The van der Waals surface area contributed by atoms with E-state index in [1.165, 1.54) is 30.3 Å². The van der Waals surface area contributed by atoms with Gasteiger partial charge in [-0.3, -0.25) is 43.7 Å². The molecule has 0 spiro atoms. The third-order valence-corrected chi connectivity index (χ3v) is 14.8. The molecular formula is C48H45ClF2N8O11S2. The summed E-state index contributed by atoms with van der Waals surface area (Å²) >= 11 is 6.21. The number of sulfonamides is 1. The topological polar surface area (TPSA) is 269 Å². The summed E-state index contributed by atoms with van der Waals surface area (Å²) in [5.41, 5.74) is 0.139. The first-order chi connectivity index (χ1) is 34.3. The van der Waals surface area contributed by atoms with Crippen LogP contribution in [0.1, 0.15) is 81.7 Å². The lowest BCUT2D eigenvalue weighted by Crippen LogP contribution is -2.65. The Bertz CT molecular complexity index is 3050. The van der Waals surface area contributed by atoms with E-state index in [0.717, 1.165) is 4.90 Å². The number of amides is 6. The van der Waals surface area contributed by atoms with Gasteiger partial charge in [-0.15, -0.1) is 10.2 Å². The van der Waals surface area contributed by atoms with E-state index in [4.69, 9.17) is 16.3 Å². The Kier molecular flexibility index (Phi) is 16.3. The number of rotatable bonds is 20. The van der Waals surface area contributed by atoms with Crippen LogP contribution in [-0.4, -0.2) is 108 Å². The summed E-state index contributed by atoms with van der Waals surface area (Å²) in [5, 5.41) is 16.3. The normalized spacial score (nSPS) is 16.2. The molecule has 2 aliphatic rings. The van der Waals surface area contributed by atoms with Crippen molar-refractivity contribution < 1.29 is 60.3 Å². The lowest BCUT2D eigenvalue weighted by Gasteiger charge is -2.40. The van der Waals surface area contributed by atoms with Crippen LogP contribution < -0.4 is 26.0 Å². The molecule has 0 saturated carbocycles. The minimum absolute atomic E-state index is 0.00931. The zero-order valence-electron chi connectivity index (χ0n) is 38.3. The number of nitrogens with one attached hydrogen (secondary N) is 5. The van der Waals surface area contributed by atoms with E-state index in [-0.39, 0.29) is 53.6 Å². The number of aromatic nitrogens is 2. The number of hydrogen-bond donors (Lipinski definition) is 5. The fourth-order valence-corrected chi connectivity index (χ4v) is 10.1. The van der Waals surface area contributed by atoms with E-state index in [1.54, 1.807) is 85.3 Å². The SMILES string of the molecule is CC[C@@H](C)[C@H](NC(=O)c1cccc2c1C(=O)c1ccccc1-2)C(=O)N1CCCC1(OCc1ccccc1)C(=O)N[C@@H](CC(F)F)C(=O)C(=O)NCC(=O)NS(=O)(=O)c1nnc(NC(=O)c2ccc(Cl)cc2)s1. The molecule has 19 nitrogen and oxygen atoms in total. The molecule has 4 atom stereocenters. The average molecular weight is 1050 g/mol. The van der Waals surface area contributed by atoms with Crippen molar-refractivity contribution >= 4 is 85.1 Å². The van der Waals surface area contributed by atoms with Gasteiger partial charge in [-0.2, -0.15) is 8.42 Å². The number of fused-ring (bicyclic) bond motifs is 3. The number of Topliss-reactive ketones (excluding diaryl/α,β-unsaturated/α-hetero) is 1. The quantitative estimate of drug-likeness (QED) is 0.0515.